The lowest BCUT2D eigenvalue weighted by atomic mass is 10.2. The first-order valence-electron chi connectivity index (χ1n) is 8.93. The van der Waals surface area contributed by atoms with Crippen LogP contribution in [-0.4, -0.2) is 57.6 Å². The van der Waals surface area contributed by atoms with E-state index in [1.807, 2.05) is 6.92 Å². The molecule has 1 fully saturated rings. The van der Waals surface area contributed by atoms with Gasteiger partial charge in [-0.25, -0.2) is 8.75 Å². The van der Waals surface area contributed by atoms with Crippen molar-refractivity contribution in [1.82, 2.24) is 18.3 Å². The van der Waals surface area contributed by atoms with Crippen LogP contribution in [0.3, 0.4) is 0 Å². The third-order valence-electron chi connectivity index (χ3n) is 4.64. The molecule has 2 aromatic rings. The highest BCUT2D eigenvalue weighted by Crippen LogP contribution is 2.08. The van der Waals surface area contributed by atoms with Gasteiger partial charge in [0.15, 0.2) is 0 Å². The average Bonchev–Trinajstić information content (AvgIpc) is 2.91. The highest BCUT2D eigenvalue weighted by molar-refractivity contribution is 7.03. The summed E-state index contributed by atoms with van der Waals surface area (Å²) in [4.78, 5) is 22.4. The van der Waals surface area contributed by atoms with Gasteiger partial charge in [0.25, 0.3) is 0 Å². The normalized spacial score (nSPS) is 17.3. The maximum Gasteiger partial charge on any atom is 0.339 e. The van der Waals surface area contributed by atoms with Gasteiger partial charge in [0.1, 0.15) is 0 Å². The molecule has 1 aromatic heterocycles. The van der Waals surface area contributed by atoms with E-state index in [4.69, 9.17) is 0 Å². The molecular formula is C18H27N5OS. The molecule has 25 heavy (non-hydrogen) atoms. The van der Waals surface area contributed by atoms with Crippen molar-refractivity contribution < 1.29 is 0 Å². The minimum absolute atomic E-state index is 0.0285. The fraction of sp³-hybridized carbons (Fsp3) is 0.556. The van der Waals surface area contributed by atoms with E-state index in [2.05, 4.69) is 45.1 Å². The summed E-state index contributed by atoms with van der Waals surface area (Å²) < 4.78 is 3.38. The third-order valence-corrected chi connectivity index (χ3v) is 5.59. The van der Waals surface area contributed by atoms with Crippen molar-refractivity contribution in [2.45, 2.75) is 20.0 Å². The van der Waals surface area contributed by atoms with Gasteiger partial charge >= 0.3 is 5.69 Å². The molecule has 0 unspecified atom stereocenters. The zero-order valence-corrected chi connectivity index (χ0v) is 15.9. The third kappa shape index (κ3) is 4.68. The Labute approximate surface area is 152 Å². The lowest BCUT2D eigenvalue weighted by Crippen LogP contribution is -2.46. The predicted molar refractivity (Wildman–Crippen MR) is 102 cm³/mol. The molecule has 0 aliphatic carbocycles. The van der Waals surface area contributed by atoms with Crippen molar-refractivity contribution in [3.05, 3.63) is 51.2 Å². The molecular weight excluding hydrogens is 334 g/mol. The number of hydrogen-bond acceptors (Lipinski definition) is 5. The first-order chi connectivity index (χ1) is 12.2. The molecule has 6 nitrogen and oxygen atoms in total. The Morgan fingerprint density at radius 1 is 1.08 bits per heavy atom. The maximum atomic E-state index is 11.9. The molecule has 0 N–H and O–H groups in total. The Balaban J connectivity index is 1.47. The van der Waals surface area contributed by atoms with E-state index < -0.39 is 0 Å². The minimum Gasteiger partial charge on any atom is -0.299 e. The molecule has 1 saturated heterocycles. The summed E-state index contributed by atoms with van der Waals surface area (Å²) in [6.45, 7) is 9.77. The summed E-state index contributed by atoms with van der Waals surface area (Å²) in [6, 6.07) is 10.7. The first kappa shape index (κ1) is 18.1. The van der Waals surface area contributed by atoms with E-state index in [9.17, 15) is 4.79 Å². The van der Waals surface area contributed by atoms with Gasteiger partial charge in [0.2, 0.25) is 4.80 Å². The van der Waals surface area contributed by atoms with Gasteiger partial charge in [-0.15, -0.1) is 0 Å². The van der Waals surface area contributed by atoms with Gasteiger partial charge < -0.3 is 0 Å². The second-order valence-corrected chi connectivity index (χ2v) is 7.48. The number of hydrogen-bond donors (Lipinski definition) is 0. The van der Waals surface area contributed by atoms with Crippen LogP contribution < -0.4 is 10.5 Å². The lowest BCUT2D eigenvalue weighted by molar-refractivity contribution is 0.129. The predicted octanol–water partition coefficient (Wildman–Crippen LogP) is 0.987. The molecule has 1 aromatic carbocycles. The lowest BCUT2D eigenvalue weighted by Gasteiger charge is -2.34. The van der Waals surface area contributed by atoms with Gasteiger partial charge in [-0.2, -0.15) is 0 Å². The topological polar surface area (TPSA) is 45.8 Å². The molecule has 0 atom stereocenters. The molecule has 3 rings (SSSR count). The summed E-state index contributed by atoms with van der Waals surface area (Å²) in [5.74, 6) is 0. The molecule has 0 saturated carbocycles. The monoisotopic (exact) mass is 361 g/mol. The largest absolute Gasteiger partial charge is 0.339 e. The fourth-order valence-electron chi connectivity index (χ4n) is 3.15. The number of nitrogens with zero attached hydrogens (tertiary/aromatic N) is 5. The Bertz CT molecular complexity index is 784. The van der Waals surface area contributed by atoms with Crippen LogP contribution in [0.5, 0.6) is 0 Å². The van der Waals surface area contributed by atoms with Gasteiger partial charge in [-0.05, 0) is 24.0 Å². The molecule has 0 bridgehead atoms. The number of aromatic nitrogens is 2. The number of aryl methyl sites for hydroxylation is 1. The fourth-order valence-corrected chi connectivity index (χ4v) is 4.02. The van der Waals surface area contributed by atoms with Crippen LogP contribution in [0.4, 0.5) is 0 Å². The SMILES string of the molecule is CCn1c(=NCCN2CCN(Cc3ccccc3)CC2)sn(C)c1=O. The number of piperazine rings is 1. The van der Waals surface area contributed by atoms with Crippen LogP contribution >= 0.6 is 11.5 Å². The van der Waals surface area contributed by atoms with Crippen LogP contribution in [-0.2, 0) is 20.1 Å². The van der Waals surface area contributed by atoms with Crippen molar-refractivity contribution in [2.75, 3.05) is 39.3 Å². The van der Waals surface area contributed by atoms with Crippen LogP contribution in [0, 0.1) is 0 Å². The van der Waals surface area contributed by atoms with Crippen LogP contribution in [0.1, 0.15) is 12.5 Å². The molecule has 7 heteroatoms. The molecule has 1 aliphatic heterocycles. The molecule has 0 amide bonds. The zero-order chi connectivity index (χ0) is 17.6. The van der Waals surface area contributed by atoms with E-state index >= 15 is 0 Å². The van der Waals surface area contributed by atoms with E-state index in [1.165, 1.54) is 17.1 Å². The van der Waals surface area contributed by atoms with Crippen LogP contribution in [0.2, 0.25) is 0 Å². The molecule has 2 heterocycles. The van der Waals surface area contributed by atoms with Gasteiger partial charge in [0, 0.05) is 52.9 Å². The van der Waals surface area contributed by atoms with Gasteiger partial charge in [0.05, 0.1) is 6.54 Å². The second-order valence-electron chi connectivity index (χ2n) is 6.38. The first-order valence-corrected chi connectivity index (χ1v) is 9.71. The van der Waals surface area contributed by atoms with E-state index in [-0.39, 0.29) is 5.69 Å². The van der Waals surface area contributed by atoms with E-state index in [0.29, 0.717) is 6.54 Å². The Morgan fingerprint density at radius 2 is 1.76 bits per heavy atom. The van der Waals surface area contributed by atoms with E-state index in [1.54, 1.807) is 15.6 Å². The van der Waals surface area contributed by atoms with Gasteiger partial charge in [-0.3, -0.25) is 19.4 Å². The molecule has 1 aliphatic rings. The van der Waals surface area contributed by atoms with E-state index in [0.717, 1.165) is 50.6 Å². The van der Waals surface area contributed by atoms with Gasteiger partial charge in [-0.1, -0.05) is 30.3 Å². The summed E-state index contributed by atoms with van der Waals surface area (Å²) in [5, 5.41) is 0. The summed E-state index contributed by atoms with van der Waals surface area (Å²) in [6.07, 6.45) is 0. The molecule has 136 valence electrons. The second kappa shape index (κ2) is 8.60. The summed E-state index contributed by atoms with van der Waals surface area (Å²) in [5.41, 5.74) is 1.41. The zero-order valence-electron chi connectivity index (χ0n) is 15.1. The summed E-state index contributed by atoms with van der Waals surface area (Å²) in [7, 11) is 1.80. The van der Waals surface area contributed by atoms with Crippen molar-refractivity contribution in [2.24, 2.45) is 12.0 Å². The van der Waals surface area contributed by atoms with Crippen LogP contribution in [0.25, 0.3) is 0 Å². The quantitative estimate of drug-likeness (QED) is 0.771. The average molecular weight is 362 g/mol. The standard InChI is InChI=1S/C18H27N5OS/c1-3-23-17(25-20(2)18(23)24)19-9-10-21-11-13-22(14-12-21)15-16-7-5-4-6-8-16/h4-8H,3,9-15H2,1-2H3. The summed E-state index contributed by atoms with van der Waals surface area (Å²) >= 11 is 1.43. The molecule has 0 radical (unpaired) electrons. The van der Waals surface area contributed by atoms with Crippen molar-refractivity contribution in [3.63, 3.8) is 0 Å². The van der Waals surface area contributed by atoms with Crippen molar-refractivity contribution in [3.8, 4) is 0 Å². The number of rotatable bonds is 6. The highest BCUT2D eigenvalue weighted by atomic mass is 32.1. The van der Waals surface area contributed by atoms with Crippen molar-refractivity contribution in [1.29, 1.82) is 0 Å². The Kier molecular flexibility index (Phi) is 6.23. The smallest absolute Gasteiger partial charge is 0.299 e. The Hall–Kier alpha value is -1.70. The van der Waals surface area contributed by atoms with Crippen LogP contribution in [0.15, 0.2) is 40.1 Å². The van der Waals surface area contributed by atoms with Crippen molar-refractivity contribution >= 4 is 11.5 Å². The number of benzene rings is 1. The maximum absolute atomic E-state index is 11.9. The highest BCUT2D eigenvalue weighted by Gasteiger charge is 2.16. The Morgan fingerprint density at radius 3 is 2.44 bits per heavy atom. The minimum atomic E-state index is 0.0285. The molecule has 0 spiro atoms.